The maximum absolute atomic E-state index is 13.3. The van der Waals surface area contributed by atoms with E-state index >= 15 is 0 Å². The second-order valence-electron chi connectivity index (χ2n) is 8.05. The second kappa shape index (κ2) is 6.84. The molecule has 0 spiro atoms. The number of aryl methyl sites for hydroxylation is 2. The van der Waals surface area contributed by atoms with Crippen LogP contribution in [0.1, 0.15) is 48.5 Å². The van der Waals surface area contributed by atoms with Gasteiger partial charge in [0.2, 0.25) is 0 Å². The third-order valence-corrected chi connectivity index (χ3v) is 7.30. The van der Waals surface area contributed by atoms with Crippen LogP contribution in [0.2, 0.25) is 0 Å². The standard InChI is InChI=1S/C20H26N4O3S/c1-13-16(14(2)23(6)22-13)12-21-17-18(15-10-8-7-9-11-15)28(26,27)24(19(17)25)20(3,4)5/h7-11,18H,12H2,1-6H3. The minimum Gasteiger partial charge on any atom is -0.277 e. The molecule has 2 aromatic rings. The summed E-state index contributed by atoms with van der Waals surface area (Å²) in [6, 6.07) is 8.79. The van der Waals surface area contributed by atoms with E-state index in [-0.39, 0.29) is 12.3 Å². The number of hydrogen-bond donors (Lipinski definition) is 0. The predicted molar refractivity (Wildman–Crippen MR) is 109 cm³/mol. The van der Waals surface area contributed by atoms with E-state index in [0.29, 0.717) is 5.56 Å². The maximum Gasteiger partial charge on any atom is 0.283 e. The van der Waals surface area contributed by atoms with Crippen LogP contribution in [-0.2, 0) is 28.4 Å². The molecule has 1 saturated heterocycles. The van der Waals surface area contributed by atoms with Gasteiger partial charge in [-0.3, -0.25) is 14.5 Å². The Morgan fingerprint density at radius 1 is 1.14 bits per heavy atom. The highest BCUT2D eigenvalue weighted by molar-refractivity contribution is 7.91. The monoisotopic (exact) mass is 402 g/mol. The summed E-state index contributed by atoms with van der Waals surface area (Å²) in [6.45, 7) is 9.16. The zero-order valence-corrected chi connectivity index (χ0v) is 17.9. The van der Waals surface area contributed by atoms with Crippen LogP contribution in [0.25, 0.3) is 0 Å². The fraction of sp³-hybridized carbons (Fsp3) is 0.450. The van der Waals surface area contributed by atoms with Gasteiger partial charge in [0.1, 0.15) is 5.71 Å². The van der Waals surface area contributed by atoms with E-state index < -0.39 is 26.7 Å². The van der Waals surface area contributed by atoms with Crippen molar-refractivity contribution in [2.24, 2.45) is 12.0 Å². The molecule has 0 bridgehead atoms. The third kappa shape index (κ3) is 3.26. The average Bonchev–Trinajstić information content (AvgIpc) is 2.94. The molecule has 0 saturated carbocycles. The quantitative estimate of drug-likeness (QED) is 0.790. The zero-order chi connectivity index (χ0) is 20.9. The molecule has 1 aliphatic rings. The summed E-state index contributed by atoms with van der Waals surface area (Å²) in [7, 11) is -2.08. The van der Waals surface area contributed by atoms with Crippen LogP contribution in [0.5, 0.6) is 0 Å². The topological polar surface area (TPSA) is 84.6 Å². The zero-order valence-electron chi connectivity index (χ0n) is 17.1. The van der Waals surface area contributed by atoms with Crippen molar-refractivity contribution >= 4 is 21.6 Å². The molecule has 0 radical (unpaired) electrons. The van der Waals surface area contributed by atoms with Gasteiger partial charge in [-0.05, 0) is 40.2 Å². The number of benzene rings is 1. The van der Waals surface area contributed by atoms with Gasteiger partial charge >= 0.3 is 0 Å². The van der Waals surface area contributed by atoms with E-state index in [4.69, 9.17) is 0 Å². The molecule has 1 aromatic heterocycles. The number of carbonyl (C=O) groups is 1. The third-order valence-electron chi connectivity index (χ3n) is 4.98. The van der Waals surface area contributed by atoms with Crippen LogP contribution in [0.4, 0.5) is 0 Å². The van der Waals surface area contributed by atoms with Gasteiger partial charge in [-0.25, -0.2) is 12.7 Å². The summed E-state index contributed by atoms with van der Waals surface area (Å²) in [6.07, 6.45) is 0. The molecule has 0 N–H and O–H groups in total. The first-order valence-corrected chi connectivity index (χ1v) is 10.6. The van der Waals surface area contributed by atoms with Crippen molar-refractivity contribution in [3.63, 3.8) is 0 Å². The van der Waals surface area contributed by atoms with Crippen LogP contribution in [0.3, 0.4) is 0 Å². The SMILES string of the molecule is Cc1nn(C)c(C)c1CN=C1C(=O)N(C(C)(C)C)S(=O)(=O)C1c1ccccc1. The van der Waals surface area contributed by atoms with Crippen molar-refractivity contribution in [1.29, 1.82) is 0 Å². The minimum absolute atomic E-state index is 0.0591. The van der Waals surface area contributed by atoms with Gasteiger partial charge in [-0.2, -0.15) is 5.10 Å². The lowest BCUT2D eigenvalue weighted by Crippen LogP contribution is -2.45. The van der Waals surface area contributed by atoms with Gasteiger partial charge in [0.05, 0.1) is 17.8 Å². The molecule has 1 atom stereocenters. The van der Waals surface area contributed by atoms with Gasteiger partial charge in [0.25, 0.3) is 15.9 Å². The van der Waals surface area contributed by atoms with Crippen LogP contribution >= 0.6 is 0 Å². The van der Waals surface area contributed by atoms with Gasteiger partial charge in [-0.1, -0.05) is 30.3 Å². The van der Waals surface area contributed by atoms with Crippen LogP contribution in [0, 0.1) is 13.8 Å². The smallest absolute Gasteiger partial charge is 0.277 e. The van der Waals surface area contributed by atoms with Crippen molar-refractivity contribution in [2.45, 2.75) is 52.0 Å². The number of amides is 1. The molecule has 8 heteroatoms. The molecule has 1 aromatic carbocycles. The lowest BCUT2D eigenvalue weighted by molar-refractivity contribution is -0.122. The highest BCUT2D eigenvalue weighted by Gasteiger charge is 2.54. The number of sulfonamides is 1. The molecule has 1 amide bonds. The molecule has 2 heterocycles. The normalized spacial score (nSPS) is 20.9. The van der Waals surface area contributed by atoms with Gasteiger partial charge in [0, 0.05) is 18.3 Å². The van der Waals surface area contributed by atoms with E-state index in [9.17, 15) is 13.2 Å². The van der Waals surface area contributed by atoms with Crippen molar-refractivity contribution in [3.05, 3.63) is 52.8 Å². The average molecular weight is 403 g/mol. The number of aromatic nitrogens is 2. The van der Waals surface area contributed by atoms with E-state index in [1.165, 1.54) is 0 Å². The van der Waals surface area contributed by atoms with Gasteiger partial charge in [-0.15, -0.1) is 0 Å². The Labute approximate surface area is 166 Å². The van der Waals surface area contributed by atoms with Gasteiger partial charge < -0.3 is 0 Å². The first-order valence-electron chi connectivity index (χ1n) is 9.13. The Balaban J connectivity index is 2.14. The Morgan fingerprint density at radius 3 is 2.25 bits per heavy atom. The molecule has 3 rings (SSSR count). The first kappa shape index (κ1) is 20.3. The van der Waals surface area contributed by atoms with Crippen LogP contribution < -0.4 is 0 Å². The summed E-state index contributed by atoms with van der Waals surface area (Å²) in [4.78, 5) is 17.7. The largest absolute Gasteiger partial charge is 0.283 e. The lowest BCUT2D eigenvalue weighted by atomic mass is 10.0. The predicted octanol–water partition coefficient (Wildman–Crippen LogP) is 2.69. The summed E-state index contributed by atoms with van der Waals surface area (Å²) in [5, 5.41) is 3.27. The highest BCUT2D eigenvalue weighted by atomic mass is 32.2. The van der Waals surface area contributed by atoms with E-state index in [1.54, 1.807) is 49.7 Å². The summed E-state index contributed by atoms with van der Waals surface area (Å²) in [5.41, 5.74) is 2.40. The van der Waals surface area contributed by atoms with E-state index in [2.05, 4.69) is 10.1 Å². The fourth-order valence-corrected chi connectivity index (χ4v) is 5.84. The summed E-state index contributed by atoms with van der Waals surface area (Å²) in [5.74, 6) is -0.555. The number of carbonyl (C=O) groups excluding carboxylic acids is 1. The maximum atomic E-state index is 13.3. The number of nitrogens with zero attached hydrogens (tertiary/aromatic N) is 4. The molecule has 1 unspecified atom stereocenters. The molecule has 1 fully saturated rings. The minimum atomic E-state index is -3.92. The Bertz CT molecular complexity index is 1050. The second-order valence-corrected chi connectivity index (χ2v) is 9.92. The highest BCUT2D eigenvalue weighted by Crippen LogP contribution is 2.39. The van der Waals surface area contributed by atoms with Crippen molar-refractivity contribution in [1.82, 2.24) is 14.1 Å². The molecular formula is C20H26N4O3S. The first-order chi connectivity index (χ1) is 13.0. The Hall–Kier alpha value is -2.48. The molecular weight excluding hydrogens is 376 g/mol. The number of hydrogen-bond acceptors (Lipinski definition) is 5. The summed E-state index contributed by atoms with van der Waals surface area (Å²) < 4.78 is 29.4. The fourth-order valence-electron chi connectivity index (χ4n) is 3.58. The van der Waals surface area contributed by atoms with Crippen molar-refractivity contribution < 1.29 is 13.2 Å². The molecule has 1 aliphatic heterocycles. The van der Waals surface area contributed by atoms with Gasteiger partial charge in [0.15, 0.2) is 5.25 Å². The van der Waals surface area contributed by atoms with Crippen LogP contribution in [-0.4, -0.2) is 39.7 Å². The number of aliphatic imine (C=N–C) groups is 1. The molecule has 150 valence electrons. The van der Waals surface area contributed by atoms with E-state index in [1.807, 2.05) is 27.0 Å². The van der Waals surface area contributed by atoms with Crippen LogP contribution in [0.15, 0.2) is 35.3 Å². The molecule has 7 nitrogen and oxygen atoms in total. The van der Waals surface area contributed by atoms with E-state index in [0.717, 1.165) is 21.3 Å². The Morgan fingerprint density at radius 2 is 1.75 bits per heavy atom. The Kier molecular flexibility index (Phi) is 4.95. The summed E-state index contributed by atoms with van der Waals surface area (Å²) >= 11 is 0. The lowest BCUT2D eigenvalue weighted by Gasteiger charge is -2.30. The number of rotatable bonds is 3. The molecule has 0 aliphatic carbocycles. The molecule has 28 heavy (non-hydrogen) atoms. The van der Waals surface area contributed by atoms with Crippen molar-refractivity contribution in [3.8, 4) is 0 Å². The van der Waals surface area contributed by atoms with Crippen molar-refractivity contribution in [2.75, 3.05) is 0 Å².